The lowest BCUT2D eigenvalue weighted by Crippen LogP contribution is -2.54. The Labute approximate surface area is 133 Å². The number of rotatable bonds is 3. The van der Waals surface area contributed by atoms with Crippen LogP contribution in [0.25, 0.3) is 10.2 Å². The van der Waals surface area contributed by atoms with E-state index in [0.717, 1.165) is 10.2 Å². The smallest absolute Gasteiger partial charge is 0.303 e. The Balaban J connectivity index is 2.61. The third kappa shape index (κ3) is 2.95. The number of fused-ring (bicyclic) bond motifs is 1. The molecule has 0 bridgehead atoms. The summed E-state index contributed by atoms with van der Waals surface area (Å²) >= 11 is 1.45. The summed E-state index contributed by atoms with van der Waals surface area (Å²) < 4.78 is 0.907. The van der Waals surface area contributed by atoms with Crippen molar-refractivity contribution in [1.29, 1.82) is 0 Å². The number of hydrogen-bond acceptors (Lipinski definition) is 4. The number of primary amides is 1. The maximum Gasteiger partial charge on any atom is 0.303 e. The number of carbonyl (C=O) groups excluding carboxylic acids is 2. The Morgan fingerprint density at radius 2 is 2.09 bits per heavy atom. The van der Waals surface area contributed by atoms with Crippen LogP contribution in [0.2, 0.25) is 0 Å². The molecule has 5 nitrogen and oxygen atoms in total. The Morgan fingerprint density at radius 1 is 1.41 bits per heavy atom. The van der Waals surface area contributed by atoms with E-state index in [9.17, 15) is 9.59 Å². The number of aromatic nitrogens is 1. The van der Waals surface area contributed by atoms with Gasteiger partial charge < -0.3 is 5.73 Å². The molecule has 0 aliphatic heterocycles. The molecule has 0 aliphatic rings. The van der Waals surface area contributed by atoms with Crippen LogP contribution < -0.4 is 10.6 Å². The molecule has 2 N–H and O–H groups in total. The number of nitrogens with two attached hydrogens (primary N) is 1. The molecule has 2 aromatic rings. The first-order valence-corrected chi connectivity index (χ1v) is 7.56. The second-order valence-corrected chi connectivity index (χ2v) is 6.88. The molecule has 0 radical (unpaired) electrons. The lowest BCUT2D eigenvalue weighted by atomic mass is 9.84. The molecule has 1 atom stereocenters. The fourth-order valence-corrected chi connectivity index (χ4v) is 3.10. The number of anilines is 1. The van der Waals surface area contributed by atoms with Gasteiger partial charge in [-0.05, 0) is 29.5 Å². The van der Waals surface area contributed by atoms with Crippen LogP contribution in [-0.2, 0) is 9.59 Å². The lowest BCUT2D eigenvalue weighted by Gasteiger charge is -2.37. The second kappa shape index (κ2) is 5.78. The fraction of sp³-hybridized carbons (Fsp3) is 0.312. The van der Waals surface area contributed by atoms with E-state index in [4.69, 9.17) is 12.2 Å². The summed E-state index contributed by atoms with van der Waals surface area (Å²) in [7, 11) is 0. The summed E-state index contributed by atoms with van der Waals surface area (Å²) in [6.07, 6.45) is 5.28. The summed E-state index contributed by atoms with van der Waals surface area (Å²) in [4.78, 5) is 29.7. The molecule has 0 saturated heterocycles. The highest BCUT2D eigenvalue weighted by Gasteiger charge is 2.38. The van der Waals surface area contributed by atoms with Crippen LogP contribution in [-0.4, -0.2) is 22.8 Å². The standard InChI is InChI=1S/C16H17N3O2S/c1-5-13(20)19(14(15(17)21)16(2,3)4)10-6-7-11-12(8-10)22-9-18-11/h1,6-9,14H,2-4H3,(H2,17,21). The monoisotopic (exact) mass is 315 g/mol. The summed E-state index contributed by atoms with van der Waals surface area (Å²) in [6.45, 7) is 5.51. The number of terminal acetylenes is 1. The average molecular weight is 315 g/mol. The molecule has 0 saturated carbocycles. The third-order valence-corrected chi connectivity index (χ3v) is 4.08. The van der Waals surface area contributed by atoms with Crippen LogP contribution in [0.15, 0.2) is 23.7 Å². The van der Waals surface area contributed by atoms with Gasteiger partial charge in [0, 0.05) is 5.69 Å². The number of thiazole rings is 1. The van der Waals surface area contributed by atoms with E-state index in [-0.39, 0.29) is 0 Å². The number of nitrogens with zero attached hydrogens (tertiary/aromatic N) is 2. The van der Waals surface area contributed by atoms with Gasteiger partial charge in [0.25, 0.3) is 0 Å². The first-order valence-electron chi connectivity index (χ1n) is 6.68. The number of benzene rings is 1. The summed E-state index contributed by atoms with van der Waals surface area (Å²) in [5.74, 6) is 0.888. The fourth-order valence-electron chi connectivity index (χ4n) is 2.39. The molecule has 0 spiro atoms. The Kier molecular flexibility index (Phi) is 4.20. The minimum absolute atomic E-state index is 0.540. The zero-order chi connectivity index (χ0) is 16.5. The van der Waals surface area contributed by atoms with Gasteiger partial charge in [-0.3, -0.25) is 14.5 Å². The SMILES string of the molecule is C#CC(=O)N(c1ccc2ncsc2c1)C(C(N)=O)C(C)(C)C. The van der Waals surface area contributed by atoms with E-state index in [0.29, 0.717) is 5.69 Å². The van der Waals surface area contributed by atoms with Crippen molar-refractivity contribution in [2.75, 3.05) is 4.90 Å². The molecule has 2 amide bonds. The zero-order valence-corrected chi connectivity index (χ0v) is 13.5. The van der Waals surface area contributed by atoms with Gasteiger partial charge in [-0.1, -0.05) is 20.8 Å². The zero-order valence-electron chi connectivity index (χ0n) is 12.7. The van der Waals surface area contributed by atoms with E-state index >= 15 is 0 Å². The molecule has 0 aliphatic carbocycles. The minimum atomic E-state index is -0.846. The molecule has 2 rings (SSSR count). The van der Waals surface area contributed by atoms with Gasteiger partial charge in [-0.25, -0.2) is 4.98 Å². The molecule has 22 heavy (non-hydrogen) atoms. The van der Waals surface area contributed by atoms with Crippen LogP contribution in [0, 0.1) is 17.8 Å². The molecule has 1 aromatic carbocycles. The van der Waals surface area contributed by atoms with Crippen LogP contribution in [0.3, 0.4) is 0 Å². The van der Waals surface area contributed by atoms with Crippen molar-refractivity contribution in [2.24, 2.45) is 11.1 Å². The van der Waals surface area contributed by atoms with E-state index < -0.39 is 23.3 Å². The minimum Gasteiger partial charge on any atom is -0.368 e. The predicted molar refractivity (Wildman–Crippen MR) is 88.4 cm³/mol. The van der Waals surface area contributed by atoms with Crippen molar-refractivity contribution < 1.29 is 9.59 Å². The van der Waals surface area contributed by atoms with Gasteiger partial charge in [0.05, 0.1) is 15.7 Å². The molecule has 1 heterocycles. The topological polar surface area (TPSA) is 76.3 Å². The first kappa shape index (κ1) is 16.0. The van der Waals surface area contributed by atoms with Crippen molar-refractivity contribution in [3.63, 3.8) is 0 Å². The van der Waals surface area contributed by atoms with E-state index in [1.165, 1.54) is 16.2 Å². The lowest BCUT2D eigenvalue weighted by molar-refractivity contribution is -0.124. The van der Waals surface area contributed by atoms with E-state index in [2.05, 4.69) is 10.9 Å². The largest absolute Gasteiger partial charge is 0.368 e. The molecule has 1 unspecified atom stereocenters. The maximum absolute atomic E-state index is 12.2. The van der Waals surface area contributed by atoms with Crippen molar-refractivity contribution in [1.82, 2.24) is 4.98 Å². The van der Waals surface area contributed by atoms with Crippen molar-refractivity contribution >= 4 is 39.1 Å². The predicted octanol–water partition coefficient (Wildman–Crippen LogP) is 2.16. The van der Waals surface area contributed by atoms with Crippen LogP contribution in [0.4, 0.5) is 5.69 Å². The molecule has 114 valence electrons. The van der Waals surface area contributed by atoms with Crippen LogP contribution >= 0.6 is 11.3 Å². The Bertz CT molecular complexity index is 768. The molecular formula is C16H17N3O2S. The number of hydrogen-bond donors (Lipinski definition) is 1. The van der Waals surface area contributed by atoms with Gasteiger partial charge in [-0.15, -0.1) is 17.8 Å². The Morgan fingerprint density at radius 3 is 2.64 bits per heavy atom. The van der Waals surface area contributed by atoms with Gasteiger partial charge in [0.1, 0.15) is 6.04 Å². The van der Waals surface area contributed by atoms with Crippen molar-refractivity contribution in [2.45, 2.75) is 26.8 Å². The average Bonchev–Trinajstić information content (AvgIpc) is 2.89. The van der Waals surface area contributed by atoms with E-state index in [1.807, 2.05) is 20.8 Å². The van der Waals surface area contributed by atoms with Gasteiger partial charge in [-0.2, -0.15) is 0 Å². The highest BCUT2D eigenvalue weighted by atomic mass is 32.1. The molecule has 0 fully saturated rings. The van der Waals surface area contributed by atoms with Gasteiger partial charge in [0.15, 0.2) is 0 Å². The maximum atomic E-state index is 12.2. The highest BCUT2D eigenvalue weighted by Crippen LogP contribution is 2.31. The molecule has 6 heteroatoms. The molecular weight excluding hydrogens is 298 g/mol. The van der Waals surface area contributed by atoms with E-state index in [1.54, 1.807) is 23.7 Å². The summed E-state index contributed by atoms with van der Waals surface area (Å²) in [5.41, 5.74) is 8.07. The third-order valence-electron chi connectivity index (χ3n) is 3.28. The van der Waals surface area contributed by atoms with Gasteiger partial charge >= 0.3 is 5.91 Å². The molecule has 1 aromatic heterocycles. The number of carbonyl (C=O) groups is 2. The number of amides is 2. The van der Waals surface area contributed by atoms with Crippen LogP contribution in [0.1, 0.15) is 20.8 Å². The first-order chi connectivity index (χ1) is 10.3. The second-order valence-electron chi connectivity index (χ2n) is 5.99. The summed E-state index contributed by atoms with van der Waals surface area (Å²) in [5, 5.41) is 0. The van der Waals surface area contributed by atoms with Crippen molar-refractivity contribution in [3.05, 3.63) is 23.7 Å². The normalized spacial score (nSPS) is 12.6. The summed E-state index contributed by atoms with van der Waals surface area (Å²) in [6, 6.07) is 4.46. The van der Waals surface area contributed by atoms with Crippen molar-refractivity contribution in [3.8, 4) is 12.3 Å². The quantitative estimate of drug-likeness (QED) is 0.882. The van der Waals surface area contributed by atoms with Gasteiger partial charge in [0.2, 0.25) is 5.91 Å². The Hall–Kier alpha value is -2.39. The van der Waals surface area contributed by atoms with Crippen LogP contribution in [0.5, 0.6) is 0 Å². The highest BCUT2D eigenvalue weighted by molar-refractivity contribution is 7.16.